The number of fused-ring (bicyclic) bond motifs is 8. The average Bonchev–Trinajstić information content (AvgIpc) is 1.73. The number of aromatic nitrogens is 6. The molecule has 122 heavy (non-hydrogen) atoms. The molecule has 8 aromatic carbocycles. The predicted octanol–water partition coefficient (Wildman–Crippen LogP) is 32.8. The Balaban J connectivity index is 0.000000158. The van der Waals surface area contributed by atoms with Crippen molar-refractivity contribution < 1.29 is 18.2 Å². The Labute approximate surface area is 746 Å². The summed E-state index contributed by atoms with van der Waals surface area (Å²) in [6, 6.07) is 37.7. The van der Waals surface area contributed by atoms with Crippen molar-refractivity contribution >= 4 is 89.5 Å². The Hall–Kier alpha value is -8.03. The van der Waals surface area contributed by atoms with Crippen molar-refractivity contribution in [1.29, 1.82) is 0 Å². The van der Waals surface area contributed by atoms with E-state index in [0.717, 1.165) is 35.1 Å². The first-order valence-corrected chi connectivity index (χ1v) is 51.4. The molecule has 0 fully saturated rings. The van der Waals surface area contributed by atoms with Gasteiger partial charge in [0.2, 0.25) is 6.33 Å². The van der Waals surface area contributed by atoms with E-state index in [1.54, 1.807) is 73.4 Å². The normalized spacial score (nSPS) is 13.3. The lowest BCUT2D eigenvalue weighted by atomic mass is 9.76. The van der Waals surface area contributed by atoms with Gasteiger partial charge in [-0.15, -0.1) is 11.3 Å². The summed E-state index contributed by atoms with van der Waals surface area (Å²) in [5, 5.41) is 8.23. The lowest BCUT2D eigenvalue weighted by Gasteiger charge is -2.29. The smallest absolute Gasteiger partial charge is 0.242 e. The number of nitrogens with one attached hydrogen (secondary N) is 1. The molecule has 3 aliphatic rings. The van der Waals surface area contributed by atoms with Crippen LogP contribution in [0.5, 0.6) is 5.75 Å². The molecule has 658 valence electrons. The number of thiazole rings is 1. The molecule has 16 rings (SSSR count). The summed E-state index contributed by atoms with van der Waals surface area (Å²) in [6.45, 7) is 77.7. The van der Waals surface area contributed by atoms with E-state index < -0.39 is 8.07 Å². The molecule has 2 aliphatic heterocycles. The molecular formula is C110H155N6O3S2Si+. The molecule has 0 spiro atoms. The number of benzene rings is 8. The summed E-state index contributed by atoms with van der Waals surface area (Å²) in [5.74, 6) is 10.4. The molecule has 0 radical (unpaired) electrons. The number of ether oxygens (including phenoxy) is 1. The molecule has 7 heterocycles. The van der Waals surface area contributed by atoms with Crippen LogP contribution >= 0.6 is 22.9 Å². The fourth-order valence-corrected chi connectivity index (χ4v) is 23.5. The highest BCUT2D eigenvalue weighted by Crippen LogP contribution is 2.43. The molecule has 0 atom stereocenters. The highest BCUT2D eigenvalue weighted by molar-refractivity contribution is 7.17. The van der Waals surface area contributed by atoms with Gasteiger partial charge in [0.25, 0.3) is 0 Å². The van der Waals surface area contributed by atoms with Crippen molar-refractivity contribution in [2.75, 3.05) is 6.61 Å². The van der Waals surface area contributed by atoms with Crippen LogP contribution in [-0.2, 0) is 32.7 Å². The van der Waals surface area contributed by atoms with E-state index in [9.17, 15) is 0 Å². The van der Waals surface area contributed by atoms with Crippen molar-refractivity contribution in [3.8, 4) is 5.75 Å². The Bertz CT molecular complexity index is 4980. The van der Waals surface area contributed by atoms with Crippen molar-refractivity contribution in [2.24, 2.45) is 7.05 Å². The van der Waals surface area contributed by atoms with Gasteiger partial charge in [-0.2, -0.15) is 4.37 Å². The molecule has 13 aromatic rings. The van der Waals surface area contributed by atoms with Crippen LogP contribution in [0.15, 0.2) is 137 Å². The number of rotatable bonds is 16. The van der Waals surface area contributed by atoms with Crippen LogP contribution in [0.1, 0.15) is 428 Å². The number of aromatic amines is 1. The van der Waals surface area contributed by atoms with Crippen LogP contribution in [-0.4, -0.2) is 39.2 Å². The molecule has 0 saturated heterocycles. The largest absolute Gasteiger partial charge is 0.493 e. The molecule has 9 nitrogen and oxygen atoms in total. The van der Waals surface area contributed by atoms with Gasteiger partial charge < -0.3 is 13.7 Å². The monoisotopic (exact) mass is 1700 g/mol. The molecule has 5 aromatic heterocycles. The van der Waals surface area contributed by atoms with E-state index in [1.807, 2.05) is 24.2 Å². The average molecular weight is 1700 g/mol. The van der Waals surface area contributed by atoms with Crippen LogP contribution in [0.25, 0.3) is 53.4 Å². The third-order valence-electron chi connectivity index (χ3n) is 25.3. The molecule has 12 heteroatoms. The molecule has 1 N–H and O–H groups in total. The van der Waals surface area contributed by atoms with Crippen LogP contribution in [0.2, 0.25) is 19.1 Å². The van der Waals surface area contributed by atoms with E-state index >= 15 is 0 Å². The molecular weight excluding hydrogens is 1550 g/mol. The number of imidazole rings is 1. The highest BCUT2D eigenvalue weighted by atomic mass is 32.1. The van der Waals surface area contributed by atoms with Crippen LogP contribution in [0.4, 0.5) is 0 Å². The topological polar surface area (TPSA) is 107 Å². The minimum atomic E-state index is -1.15. The van der Waals surface area contributed by atoms with Crippen molar-refractivity contribution in [1.82, 2.24) is 24.5 Å². The second kappa shape index (κ2) is 42.8. The molecule has 0 saturated carbocycles. The fraction of sp³-hybridized carbons (Fsp3) is 0.518. The van der Waals surface area contributed by atoms with Gasteiger partial charge in [-0.25, -0.2) is 19.5 Å². The quantitative estimate of drug-likeness (QED) is 0.0758. The van der Waals surface area contributed by atoms with Gasteiger partial charge in [0, 0.05) is 45.6 Å². The Kier molecular flexibility index (Phi) is 34.3. The zero-order valence-electron chi connectivity index (χ0n) is 81.9. The van der Waals surface area contributed by atoms with Crippen LogP contribution in [0, 0.1) is 0 Å². The second-order valence-corrected chi connectivity index (χ2v) is 46.8. The van der Waals surface area contributed by atoms with Gasteiger partial charge >= 0.3 is 0 Å². The van der Waals surface area contributed by atoms with Crippen molar-refractivity contribution in [3.05, 3.63) is 239 Å². The molecule has 0 bridgehead atoms. The van der Waals surface area contributed by atoms with Gasteiger partial charge in [-0.3, -0.25) is 0 Å². The zero-order valence-corrected chi connectivity index (χ0v) is 84.5. The lowest BCUT2D eigenvalue weighted by Crippen LogP contribution is -2.41. The summed E-state index contributed by atoms with van der Waals surface area (Å²) < 4.78 is 25.9. The summed E-state index contributed by atoms with van der Waals surface area (Å²) in [4.78, 5) is 12.2. The fourth-order valence-electron chi connectivity index (χ4n) is 18.2. The Morgan fingerprint density at radius 2 is 0.754 bits per heavy atom. The molecule has 0 unspecified atom stereocenters. The number of nitrogens with zero attached hydrogens (tertiary/aromatic N) is 5. The third-order valence-corrected chi connectivity index (χ3v) is 30.5. The number of hydrogen-bond acceptors (Lipinski definition) is 9. The van der Waals surface area contributed by atoms with Crippen molar-refractivity contribution in [3.63, 3.8) is 0 Å². The first kappa shape index (κ1) is 97.8. The van der Waals surface area contributed by atoms with Gasteiger partial charge in [-0.05, 0) is 221 Å². The molecule has 0 amide bonds. The van der Waals surface area contributed by atoms with E-state index in [1.165, 1.54) is 135 Å². The van der Waals surface area contributed by atoms with Gasteiger partial charge in [-0.1, -0.05) is 342 Å². The standard InChI is InChI=1S/C16H26Si.C14H20N2.C14H20O.C14H20.2C13H17NO.2C13H17NS/c1-11(2)13-7-8-14(12(3)4)16-15(13)9-10-17(16,5)6;1-9(2)11-6-7-12(10(3)4)14-13(11)15-8-16(14)5;1-9(2)11-5-6-12(10(3)4)14-13(11)7-8-15-14;1-9(2)11-5-6-12(10(3)4)14-8-7-13(11)14;1-8(2)10-5-6-11(9(3)4)13-12(10)14-7-15-13;1-8(2)10-5-6-11(9(3)4)13-12(10)7-14-15-13;1-8(2)10-5-6-11(9(3)4)13-12(10)14-7-15-13;1-8(2)10-5-6-11(9(3)4)13-12(10)7-14-15-13/h7-8,11-12H,9-10H2,1-6H3;6-10H,1-5H3;5-6,9-10H,7-8H2,1-4H3;5-6,9-10H,7-8H2,1-4H3;4*5-9H,1-4H3/p+1. The maximum absolute atomic E-state index is 5.78. The first-order chi connectivity index (χ1) is 57.5. The number of oxazole rings is 1. The van der Waals surface area contributed by atoms with Gasteiger partial charge in [0.05, 0.1) is 48.4 Å². The maximum atomic E-state index is 5.78. The van der Waals surface area contributed by atoms with Gasteiger partial charge in [0.1, 0.15) is 11.3 Å². The van der Waals surface area contributed by atoms with Crippen LogP contribution in [0.3, 0.4) is 0 Å². The number of H-pyrrole nitrogens is 1. The highest BCUT2D eigenvalue weighted by Gasteiger charge is 2.37. The van der Waals surface area contributed by atoms with E-state index in [2.05, 4.69) is 368 Å². The van der Waals surface area contributed by atoms with Gasteiger partial charge in [0.15, 0.2) is 28.6 Å². The lowest BCUT2D eigenvalue weighted by molar-refractivity contribution is -0.645. The Morgan fingerprint density at radius 3 is 1.25 bits per heavy atom. The Morgan fingerprint density at radius 1 is 0.361 bits per heavy atom. The maximum Gasteiger partial charge on any atom is 0.242 e. The SMILES string of the molecule is CC(C)c1ccc(C(C)C)c2c1CC2.CC(C)c1ccc(C(C)C)c2c1CCO2.CC(C)c1ccc(C(C)C)c2c1CC[Si]2(C)C.CC(C)c1ccc(C(C)C)c2c1[nH]c[n+]2C.CC(C)c1ccc(C(C)C)c2ocnc12.CC(C)c1ccc(C(C)C)c2oncc12.CC(C)c1ccc(C(C)C)c2scnc12.CC(C)c1ccc(C(C)C)c2sncc12. The third kappa shape index (κ3) is 22.4. The summed E-state index contributed by atoms with van der Waals surface area (Å²) >= 11 is 3.39. The summed E-state index contributed by atoms with van der Waals surface area (Å²) in [7, 11) is 0.961. The second-order valence-electron chi connectivity index (χ2n) is 40.3. The summed E-state index contributed by atoms with van der Waals surface area (Å²) in [5.41, 5.74) is 38.0. The zero-order chi connectivity index (χ0) is 90.0. The van der Waals surface area contributed by atoms with Crippen molar-refractivity contribution in [2.45, 2.75) is 361 Å². The first-order valence-electron chi connectivity index (χ1n) is 46.6. The molecule has 1 aliphatic carbocycles. The summed E-state index contributed by atoms with van der Waals surface area (Å²) in [6.07, 6.45) is 12.5. The van der Waals surface area contributed by atoms with E-state index in [-0.39, 0.29) is 0 Å². The van der Waals surface area contributed by atoms with E-state index in [0.29, 0.717) is 94.7 Å². The number of hydrogen-bond donors (Lipinski definition) is 1. The minimum Gasteiger partial charge on any atom is -0.493 e. The minimum absolute atomic E-state index is 0.474. The van der Waals surface area contributed by atoms with E-state index in [4.69, 9.17) is 13.7 Å². The number of aryl methyl sites for hydroxylation is 1. The predicted molar refractivity (Wildman–Crippen MR) is 534 cm³/mol. The van der Waals surface area contributed by atoms with Crippen LogP contribution < -0.4 is 14.5 Å².